The average Bonchev–Trinajstić information content (AvgIpc) is 3.46. The number of hydrogen-bond donors (Lipinski definition) is 0. The zero-order chi connectivity index (χ0) is 20.4. The zero-order valence-corrected chi connectivity index (χ0v) is 18.2. The van der Waals surface area contributed by atoms with Crippen LogP contribution in [-0.2, 0) is 16.4 Å². The van der Waals surface area contributed by atoms with E-state index in [1.807, 2.05) is 41.1 Å². The number of methoxy groups -OCH3 is 1. The van der Waals surface area contributed by atoms with Crippen molar-refractivity contribution in [1.29, 1.82) is 0 Å². The first-order valence-electron chi connectivity index (χ1n) is 9.07. The highest BCUT2D eigenvalue weighted by molar-refractivity contribution is 7.91. The summed E-state index contributed by atoms with van der Waals surface area (Å²) in [5.41, 5.74) is 2.26. The molecular formula is C20H20N2O4S3. The second-order valence-electron chi connectivity index (χ2n) is 6.89. The molecule has 1 amide bonds. The number of nitrogens with zero attached hydrogens (tertiary/aromatic N) is 2. The largest absolute Gasteiger partial charge is 0.497 e. The molecule has 0 bridgehead atoms. The molecule has 1 aliphatic rings. The fraction of sp³-hybridized carbons (Fsp3) is 0.300. The number of carbonyl (C=O) groups excluding carboxylic acids is 1. The summed E-state index contributed by atoms with van der Waals surface area (Å²) in [4.78, 5) is 19.5. The normalized spacial score (nSPS) is 17.9. The van der Waals surface area contributed by atoms with Crippen LogP contribution in [0.2, 0.25) is 0 Å². The molecule has 9 heteroatoms. The first kappa shape index (κ1) is 20.1. The third-order valence-electron chi connectivity index (χ3n) is 4.91. The number of sulfone groups is 1. The SMILES string of the molecule is COc1ccc(CN(C(=O)c2csc(-c3ccsc3)n2)C2CCS(=O)(=O)C2)cc1. The molecule has 0 aliphatic carbocycles. The van der Waals surface area contributed by atoms with E-state index in [9.17, 15) is 13.2 Å². The van der Waals surface area contributed by atoms with E-state index in [0.717, 1.165) is 21.9 Å². The third kappa shape index (κ3) is 4.52. The van der Waals surface area contributed by atoms with Crippen molar-refractivity contribution in [2.75, 3.05) is 18.6 Å². The number of carbonyl (C=O) groups is 1. The van der Waals surface area contributed by atoms with Gasteiger partial charge in [-0.15, -0.1) is 11.3 Å². The first-order chi connectivity index (χ1) is 13.9. The number of hydrogen-bond acceptors (Lipinski definition) is 7. The topological polar surface area (TPSA) is 76.6 Å². The van der Waals surface area contributed by atoms with Crippen LogP contribution < -0.4 is 4.74 Å². The molecule has 1 saturated heterocycles. The minimum atomic E-state index is -3.12. The Labute approximate surface area is 177 Å². The average molecular weight is 449 g/mol. The highest BCUT2D eigenvalue weighted by Gasteiger charge is 2.35. The van der Waals surface area contributed by atoms with Gasteiger partial charge in [0.25, 0.3) is 5.91 Å². The van der Waals surface area contributed by atoms with Gasteiger partial charge in [-0.05, 0) is 35.6 Å². The van der Waals surface area contributed by atoms with Crippen LogP contribution in [0.15, 0.2) is 46.5 Å². The van der Waals surface area contributed by atoms with Crippen molar-refractivity contribution in [2.24, 2.45) is 0 Å². The van der Waals surface area contributed by atoms with Crippen molar-refractivity contribution in [3.05, 3.63) is 57.7 Å². The maximum atomic E-state index is 13.3. The van der Waals surface area contributed by atoms with Crippen molar-refractivity contribution >= 4 is 38.4 Å². The smallest absolute Gasteiger partial charge is 0.273 e. The molecule has 1 aromatic carbocycles. The monoisotopic (exact) mass is 448 g/mol. The molecule has 0 N–H and O–H groups in total. The van der Waals surface area contributed by atoms with Gasteiger partial charge in [-0.2, -0.15) is 11.3 Å². The van der Waals surface area contributed by atoms with Crippen LogP contribution in [0.3, 0.4) is 0 Å². The van der Waals surface area contributed by atoms with Gasteiger partial charge < -0.3 is 9.64 Å². The quantitative estimate of drug-likeness (QED) is 0.575. The Hall–Kier alpha value is -2.23. The van der Waals surface area contributed by atoms with Gasteiger partial charge in [-0.1, -0.05) is 12.1 Å². The van der Waals surface area contributed by atoms with Crippen LogP contribution in [0.4, 0.5) is 0 Å². The van der Waals surface area contributed by atoms with E-state index < -0.39 is 9.84 Å². The summed E-state index contributed by atoms with van der Waals surface area (Å²) in [5, 5.41) is 6.50. The van der Waals surface area contributed by atoms with Gasteiger partial charge >= 0.3 is 0 Å². The van der Waals surface area contributed by atoms with Gasteiger partial charge in [-0.25, -0.2) is 13.4 Å². The molecule has 0 saturated carbocycles. The second kappa shape index (κ2) is 8.25. The predicted molar refractivity (Wildman–Crippen MR) is 115 cm³/mol. The van der Waals surface area contributed by atoms with Crippen LogP contribution >= 0.6 is 22.7 Å². The molecule has 4 rings (SSSR count). The Morgan fingerprint density at radius 2 is 2.03 bits per heavy atom. The summed E-state index contributed by atoms with van der Waals surface area (Å²) < 4.78 is 29.3. The summed E-state index contributed by atoms with van der Waals surface area (Å²) in [6.45, 7) is 0.328. The highest BCUT2D eigenvalue weighted by Crippen LogP contribution is 2.28. The number of thiophene rings is 1. The van der Waals surface area contributed by atoms with E-state index in [2.05, 4.69) is 4.98 Å². The second-order valence-corrected chi connectivity index (χ2v) is 10.8. The minimum absolute atomic E-state index is 0.00355. The standard InChI is InChI=1S/C20H20N2O4S3/c1-26-17-4-2-14(3-5-17)10-22(16-7-9-29(24,25)13-16)20(23)18-12-28-19(21-18)15-6-8-27-11-15/h2-6,8,11-12,16H,7,9-10,13H2,1H3. The van der Waals surface area contributed by atoms with Crippen LogP contribution in [0.5, 0.6) is 5.75 Å². The molecule has 1 fully saturated rings. The Morgan fingerprint density at radius 3 is 2.66 bits per heavy atom. The molecule has 3 aromatic rings. The van der Waals surface area contributed by atoms with Crippen molar-refractivity contribution < 1.29 is 17.9 Å². The van der Waals surface area contributed by atoms with Crippen molar-refractivity contribution in [3.63, 3.8) is 0 Å². The van der Waals surface area contributed by atoms with Gasteiger partial charge in [0.2, 0.25) is 0 Å². The molecule has 1 aliphatic heterocycles. The van der Waals surface area contributed by atoms with E-state index in [1.165, 1.54) is 11.3 Å². The predicted octanol–water partition coefficient (Wildman–Crippen LogP) is 3.71. The molecule has 6 nitrogen and oxygen atoms in total. The Morgan fingerprint density at radius 1 is 1.24 bits per heavy atom. The van der Waals surface area contributed by atoms with E-state index in [1.54, 1.807) is 28.7 Å². The van der Waals surface area contributed by atoms with Crippen LogP contribution in [0.25, 0.3) is 10.6 Å². The summed E-state index contributed by atoms with van der Waals surface area (Å²) in [5.74, 6) is 0.605. The number of ether oxygens (including phenoxy) is 1. The van der Waals surface area contributed by atoms with Crippen molar-refractivity contribution in [3.8, 4) is 16.3 Å². The highest BCUT2D eigenvalue weighted by atomic mass is 32.2. The fourth-order valence-electron chi connectivity index (χ4n) is 3.35. The number of benzene rings is 1. The van der Waals surface area contributed by atoms with E-state index in [-0.39, 0.29) is 23.5 Å². The van der Waals surface area contributed by atoms with E-state index in [4.69, 9.17) is 4.74 Å². The number of aromatic nitrogens is 1. The van der Waals surface area contributed by atoms with Gasteiger partial charge in [0.15, 0.2) is 9.84 Å². The van der Waals surface area contributed by atoms with E-state index in [0.29, 0.717) is 18.7 Å². The van der Waals surface area contributed by atoms with Crippen LogP contribution in [0, 0.1) is 0 Å². The summed E-state index contributed by atoms with van der Waals surface area (Å²) in [7, 11) is -1.52. The Bertz CT molecular complexity index is 1090. The molecule has 0 radical (unpaired) electrons. The van der Waals surface area contributed by atoms with Crippen molar-refractivity contribution in [2.45, 2.75) is 19.0 Å². The van der Waals surface area contributed by atoms with Crippen LogP contribution in [0.1, 0.15) is 22.5 Å². The Kier molecular flexibility index (Phi) is 5.71. The molecule has 152 valence electrons. The number of thiazole rings is 1. The number of amides is 1. The lowest BCUT2D eigenvalue weighted by Gasteiger charge is -2.28. The molecular weight excluding hydrogens is 428 g/mol. The van der Waals surface area contributed by atoms with Gasteiger partial charge in [0.1, 0.15) is 16.5 Å². The minimum Gasteiger partial charge on any atom is -0.497 e. The van der Waals surface area contributed by atoms with Gasteiger partial charge in [0, 0.05) is 28.9 Å². The molecule has 1 unspecified atom stereocenters. The maximum absolute atomic E-state index is 13.3. The molecule has 1 atom stereocenters. The maximum Gasteiger partial charge on any atom is 0.273 e. The lowest BCUT2D eigenvalue weighted by atomic mass is 10.1. The zero-order valence-electron chi connectivity index (χ0n) is 15.8. The fourth-order valence-corrected chi connectivity index (χ4v) is 6.59. The van der Waals surface area contributed by atoms with Crippen molar-refractivity contribution in [1.82, 2.24) is 9.88 Å². The molecule has 2 aromatic heterocycles. The van der Waals surface area contributed by atoms with Gasteiger partial charge in [-0.3, -0.25) is 4.79 Å². The molecule has 3 heterocycles. The van der Waals surface area contributed by atoms with Crippen LogP contribution in [-0.4, -0.2) is 48.9 Å². The summed E-state index contributed by atoms with van der Waals surface area (Å²) in [6, 6.07) is 9.07. The first-order valence-corrected chi connectivity index (χ1v) is 12.7. The Balaban J connectivity index is 1.61. The third-order valence-corrected chi connectivity index (χ3v) is 8.24. The van der Waals surface area contributed by atoms with Gasteiger partial charge in [0.05, 0.1) is 18.6 Å². The molecule has 29 heavy (non-hydrogen) atoms. The summed E-state index contributed by atoms with van der Waals surface area (Å²) >= 11 is 3.00. The number of rotatable bonds is 6. The lowest BCUT2D eigenvalue weighted by Crippen LogP contribution is -2.40. The summed E-state index contributed by atoms with van der Waals surface area (Å²) in [6.07, 6.45) is 0.450. The van der Waals surface area contributed by atoms with E-state index >= 15 is 0 Å². The lowest BCUT2D eigenvalue weighted by molar-refractivity contribution is 0.0675. The molecule has 0 spiro atoms.